The van der Waals surface area contributed by atoms with Crippen molar-refractivity contribution in [3.63, 3.8) is 0 Å². The molecular weight excluding hydrogens is 140 g/mol. The Morgan fingerprint density at radius 1 is 1.64 bits per heavy atom. The molecule has 0 saturated heterocycles. The van der Waals surface area contributed by atoms with Crippen molar-refractivity contribution in [1.82, 2.24) is 0 Å². The van der Waals surface area contributed by atoms with Crippen LogP contribution in [0.15, 0.2) is 12.7 Å². The number of rotatable bonds is 1. The fraction of sp³-hybridized carbons (Fsp3) is 0.778. The molecule has 0 aromatic heterocycles. The first-order chi connectivity index (χ1) is 5.10. The van der Waals surface area contributed by atoms with E-state index < -0.39 is 11.7 Å². The highest BCUT2D eigenvalue weighted by Crippen LogP contribution is 2.33. The molecule has 1 aliphatic carbocycles. The molecule has 0 bridgehead atoms. The monoisotopic (exact) mass is 156 g/mol. The molecule has 0 spiro atoms. The Bertz CT molecular complexity index is 156. The highest BCUT2D eigenvalue weighted by molar-refractivity contribution is 5.04. The fourth-order valence-electron chi connectivity index (χ4n) is 1.73. The molecule has 1 fully saturated rings. The average molecular weight is 156 g/mol. The number of aliphatic hydroxyl groups excluding tert-OH is 1. The van der Waals surface area contributed by atoms with Crippen molar-refractivity contribution in [2.24, 2.45) is 5.92 Å². The van der Waals surface area contributed by atoms with E-state index in [0.717, 1.165) is 12.8 Å². The predicted molar refractivity (Wildman–Crippen MR) is 44.2 cm³/mol. The van der Waals surface area contributed by atoms with Crippen LogP contribution in [0.1, 0.15) is 26.2 Å². The SMILES string of the molecule is C=CC1(O)CCCC(C)C1O. The average Bonchev–Trinajstić information content (AvgIpc) is 2.00. The van der Waals surface area contributed by atoms with Crippen LogP contribution in [0.4, 0.5) is 0 Å². The third-order valence-corrected chi connectivity index (χ3v) is 2.64. The zero-order valence-electron chi connectivity index (χ0n) is 6.95. The van der Waals surface area contributed by atoms with E-state index >= 15 is 0 Å². The predicted octanol–water partition coefficient (Wildman–Crippen LogP) is 1.08. The summed E-state index contributed by atoms with van der Waals surface area (Å²) in [5.41, 5.74) is -1.03. The van der Waals surface area contributed by atoms with Crippen molar-refractivity contribution in [2.75, 3.05) is 0 Å². The Labute approximate surface area is 67.6 Å². The quantitative estimate of drug-likeness (QED) is 0.558. The van der Waals surface area contributed by atoms with Crippen molar-refractivity contribution < 1.29 is 10.2 Å². The lowest BCUT2D eigenvalue weighted by Crippen LogP contribution is -2.47. The fourth-order valence-corrected chi connectivity index (χ4v) is 1.73. The maximum absolute atomic E-state index is 9.75. The molecule has 2 nitrogen and oxygen atoms in total. The molecule has 3 atom stereocenters. The van der Waals surface area contributed by atoms with Gasteiger partial charge in [-0.05, 0) is 25.2 Å². The van der Waals surface area contributed by atoms with Crippen LogP contribution < -0.4 is 0 Å². The van der Waals surface area contributed by atoms with Crippen LogP contribution in [0, 0.1) is 5.92 Å². The summed E-state index contributed by atoms with van der Waals surface area (Å²) in [4.78, 5) is 0. The Kier molecular flexibility index (Phi) is 2.35. The van der Waals surface area contributed by atoms with Crippen molar-refractivity contribution in [1.29, 1.82) is 0 Å². The number of hydrogen-bond donors (Lipinski definition) is 2. The topological polar surface area (TPSA) is 40.5 Å². The van der Waals surface area contributed by atoms with E-state index in [9.17, 15) is 10.2 Å². The molecule has 1 rings (SSSR count). The lowest BCUT2D eigenvalue weighted by atomic mass is 9.76. The van der Waals surface area contributed by atoms with Crippen LogP contribution in [-0.2, 0) is 0 Å². The lowest BCUT2D eigenvalue weighted by molar-refractivity contribution is -0.0907. The van der Waals surface area contributed by atoms with Crippen LogP contribution in [0.5, 0.6) is 0 Å². The first-order valence-corrected chi connectivity index (χ1v) is 4.14. The largest absolute Gasteiger partial charge is 0.390 e. The van der Waals surface area contributed by atoms with Gasteiger partial charge < -0.3 is 10.2 Å². The van der Waals surface area contributed by atoms with E-state index in [0.29, 0.717) is 6.42 Å². The van der Waals surface area contributed by atoms with Crippen LogP contribution in [-0.4, -0.2) is 21.9 Å². The normalized spacial score (nSPS) is 45.4. The number of hydrogen-bond acceptors (Lipinski definition) is 2. The van der Waals surface area contributed by atoms with Gasteiger partial charge in [0.1, 0.15) is 5.60 Å². The summed E-state index contributed by atoms with van der Waals surface area (Å²) >= 11 is 0. The molecule has 0 aromatic rings. The second kappa shape index (κ2) is 2.95. The molecule has 0 heterocycles. The number of aliphatic hydroxyl groups is 2. The Morgan fingerprint density at radius 3 is 2.73 bits per heavy atom. The van der Waals surface area contributed by atoms with Gasteiger partial charge >= 0.3 is 0 Å². The standard InChI is InChI=1S/C9H16O2/c1-3-9(11)6-4-5-7(2)8(9)10/h3,7-8,10-11H,1,4-6H2,2H3. The molecule has 64 valence electrons. The van der Waals surface area contributed by atoms with Crippen molar-refractivity contribution in [2.45, 2.75) is 37.9 Å². The first kappa shape index (κ1) is 8.75. The van der Waals surface area contributed by atoms with Gasteiger partial charge in [-0.25, -0.2) is 0 Å². The maximum atomic E-state index is 9.75. The molecule has 0 aliphatic heterocycles. The van der Waals surface area contributed by atoms with Gasteiger partial charge in [-0.15, -0.1) is 6.58 Å². The van der Waals surface area contributed by atoms with Gasteiger partial charge in [-0.2, -0.15) is 0 Å². The minimum atomic E-state index is -1.03. The van der Waals surface area contributed by atoms with Crippen LogP contribution in [0.25, 0.3) is 0 Å². The van der Waals surface area contributed by atoms with Crippen molar-refractivity contribution in [3.8, 4) is 0 Å². The van der Waals surface area contributed by atoms with Crippen LogP contribution >= 0.6 is 0 Å². The van der Waals surface area contributed by atoms with Gasteiger partial charge in [0.05, 0.1) is 6.10 Å². The summed E-state index contributed by atoms with van der Waals surface area (Å²) in [7, 11) is 0. The van der Waals surface area contributed by atoms with E-state index in [1.165, 1.54) is 6.08 Å². The smallest absolute Gasteiger partial charge is 0.109 e. The summed E-state index contributed by atoms with van der Waals surface area (Å²) in [5.74, 6) is 0.187. The van der Waals surface area contributed by atoms with E-state index in [-0.39, 0.29) is 5.92 Å². The van der Waals surface area contributed by atoms with Crippen LogP contribution in [0.2, 0.25) is 0 Å². The summed E-state index contributed by atoms with van der Waals surface area (Å²) in [6.07, 6.45) is 3.45. The Hall–Kier alpha value is -0.340. The van der Waals surface area contributed by atoms with Gasteiger partial charge in [-0.1, -0.05) is 13.0 Å². The van der Waals surface area contributed by atoms with Gasteiger partial charge in [0.15, 0.2) is 0 Å². The summed E-state index contributed by atoms with van der Waals surface area (Å²) in [6.45, 7) is 5.49. The molecule has 11 heavy (non-hydrogen) atoms. The minimum Gasteiger partial charge on any atom is -0.390 e. The van der Waals surface area contributed by atoms with E-state index in [2.05, 4.69) is 6.58 Å². The molecule has 1 saturated carbocycles. The molecule has 2 N–H and O–H groups in total. The zero-order valence-corrected chi connectivity index (χ0v) is 6.95. The summed E-state index contributed by atoms with van der Waals surface area (Å²) in [5, 5.41) is 19.3. The highest BCUT2D eigenvalue weighted by Gasteiger charge is 2.38. The lowest BCUT2D eigenvalue weighted by Gasteiger charge is -2.38. The molecule has 1 aliphatic rings. The van der Waals surface area contributed by atoms with Gasteiger partial charge in [0.25, 0.3) is 0 Å². The van der Waals surface area contributed by atoms with E-state index in [1.807, 2.05) is 6.92 Å². The van der Waals surface area contributed by atoms with Gasteiger partial charge in [0, 0.05) is 0 Å². The van der Waals surface area contributed by atoms with E-state index in [1.54, 1.807) is 0 Å². The molecular formula is C9H16O2. The Morgan fingerprint density at radius 2 is 2.27 bits per heavy atom. The second-order valence-corrected chi connectivity index (χ2v) is 3.51. The zero-order chi connectivity index (χ0) is 8.48. The van der Waals surface area contributed by atoms with Crippen molar-refractivity contribution >= 4 is 0 Å². The molecule has 3 unspecified atom stereocenters. The first-order valence-electron chi connectivity index (χ1n) is 4.14. The van der Waals surface area contributed by atoms with Gasteiger partial charge in [0.2, 0.25) is 0 Å². The van der Waals surface area contributed by atoms with Crippen LogP contribution in [0.3, 0.4) is 0 Å². The third kappa shape index (κ3) is 1.47. The molecule has 0 radical (unpaired) electrons. The molecule has 2 heteroatoms. The third-order valence-electron chi connectivity index (χ3n) is 2.64. The van der Waals surface area contributed by atoms with Crippen molar-refractivity contribution in [3.05, 3.63) is 12.7 Å². The highest BCUT2D eigenvalue weighted by atomic mass is 16.3. The van der Waals surface area contributed by atoms with Gasteiger partial charge in [-0.3, -0.25) is 0 Å². The van der Waals surface area contributed by atoms with E-state index in [4.69, 9.17) is 0 Å². The molecule has 0 amide bonds. The second-order valence-electron chi connectivity index (χ2n) is 3.51. The minimum absolute atomic E-state index is 0.187. The maximum Gasteiger partial charge on any atom is 0.109 e. The molecule has 0 aromatic carbocycles. The summed E-state index contributed by atoms with van der Waals surface area (Å²) < 4.78 is 0. The Balaban J connectivity index is 2.72. The summed E-state index contributed by atoms with van der Waals surface area (Å²) in [6, 6.07) is 0.